The Balaban J connectivity index is 1.87. The van der Waals surface area contributed by atoms with Gasteiger partial charge in [-0.15, -0.1) is 0 Å². The minimum atomic E-state index is -0.292. The molecule has 2 nitrogen and oxygen atoms in total. The number of benzene rings is 1. The highest BCUT2D eigenvalue weighted by atomic mass is 16.5. The van der Waals surface area contributed by atoms with E-state index in [9.17, 15) is 5.11 Å². The number of aryl methyl sites for hydroxylation is 2. The van der Waals surface area contributed by atoms with Crippen LogP contribution in [-0.2, 0) is 0 Å². The van der Waals surface area contributed by atoms with Gasteiger partial charge >= 0.3 is 0 Å². The Morgan fingerprint density at radius 3 is 2.53 bits per heavy atom. The van der Waals surface area contributed by atoms with Crippen molar-refractivity contribution in [1.82, 2.24) is 0 Å². The third-order valence-corrected chi connectivity index (χ3v) is 5.30. The SMILES string of the molecule is COc1cc(C)c(C(O)C2CC3CCC2C3)cc1C. The molecule has 0 spiro atoms. The van der Waals surface area contributed by atoms with Crippen molar-refractivity contribution >= 4 is 0 Å². The average molecular weight is 260 g/mol. The molecule has 104 valence electrons. The first kappa shape index (κ1) is 13.0. The van der Waals surface area contributed by atoms with Crippen LogP contribution in [0.15, 0.2) is 12.1 Å². The summed E-state index contributed by atoms with van der Waals surface area (Å²) < 4.78 is 5.35. The Morgan fingerprint density at radius 1 is 1.16 bits per heavy atom. The molecule has 2 saturated carbocycles. The van der Waals surface area contributed by atoms with Crippen molar-refractivity contribution in [3.8, 4) is 5.75 Å². The summed E-state index contributed by atoms with van der Waals surface area (Å²) in [6, 6.07) is 4.17. The molecule has 4 unspecified atom stereocenters. The van der Waals surface area contributed by atoms with Crippen LogP contribution in [0.1, 0.15) is 48.5 Å². The van der Waals surface area contributed by atoms with Crippen LogP contribution < -0.4 is 4.74 Å². The van der Waals surface area contributed by atoms with Gasteiger partial charge in [0.2, 0.25) is 0 Å². The first-order valence-corrected chi connectivity index (χ1v) is 7.43. The van der Waals surface area contributed by atoms with Crippen molar-refractivity contribution in [3.05, 3.63) is 28.8 Å². The van der Waals surface area contributed by atoms with E-state index in [0.29, 0.717) is 5.92 Å². The second-order valence-electron chi connectivity index (χ2n) is 6.46. The molecule has 0 aliphatic heterocycles. The minimum absolute atomic E-state index is 0.292. The van der Waals surface area contributed by atoms with Gasteiger partial charge in [-0.25, -0.2) is 0 Å². The molecule has 1 aromatic rings. The maximum absolute atomic E-state index is 10.8. The number of fused-ring (bicyclic) bond motifs is 2. The van der Waals surface area contributed by atoms with Crippen molar-refractivity contribution in [2.75, 3.05) is 7.11 Å². The fourth-order valence-electron chi connectivity index (χ4n) is 4.26. The summed E-state index contributed by atoms with van der Waals surface area (Å²) in [6.45, 7) is 4.13. The molecule has 0 saturated heterocycles. The van der Waals surface area contributed by atoms with Crippen molar-refractivity contribution in [1.29, 1.82) is 0 Å². The molecule has 1 N–H and O–H groups in total. The molecule has 2 aliphatic carbocycles. The van der Waals surface area contributed by atoms with E-state index in [-0.39, 0.29) is 6.10 Å². The predicted octanol–water partition coefficient (Wildman–Crippen LogP) is 3.78. The quantitative estimate of drug-likeness (QED) is 0.896. The highest BCUT2D eigenvalue weighted by Crippen LogP contribution is 2.53. The van der Waals surface area contributed by atoms with Crippen LogP contribution in [-0.4, -0.2) is 12.2 Å². The van der Waals surface area contributed by atoms with E-state index in [0.717, 1.165) is 34.3 Å². The standard InChI is InChI=1S/C17H24O2/c1-10-7-16(19-3)11(2)6-14(10)17(18)15-9-12-4-5-13(15)8-12/h6-7,12-13,15,17-18H,4-5,8-9H2,1-3H3. The Hall–Kier alpha value is -1.02. The predicted molar refractivity (Wildman–Crippen MR) is 76.4 cm³/mol. The number of rotatable bonds is 3. The van der Waals surface area contributed by atoms with E-state index >= 15 is 0 Å². The molecule has 0 amide bonds. The van der Waals surface area contributed by atoms with Gasteiger partial charge in [-0.2, -0.15) is 0 Å². The summed E-state index contributed by atoms with van der Waals surface area (Å²) >= 11 is 0. The van der Waals surface area contributed by atoms with Gasteiger partial charge in [0.25, 0.3) is 0 Å². The summed E-state index contributed by atoms with van der Waals surface area (Å²) in [5, 5.41) is 10.8. The maximum Gasteiger partial charge on any atom is 0.122 e. The van der Waals surface area contributed by atoms with E-state index in [1.165, 1.54) is 25.7 Å². The van der Waals surface area contributed by atoms with E-state index in [4.69, 9.17) is 4.74 Å². The zero-order valence-electron chi connectivity index (χ0n) is 12.1. The molecule has 0 aromatic heterocycles. The topological polar surface area (TPSA) is 29.5 Å². The lowest BCUT2D eigenvalue weighted by molar-refractivity contribution is 0.0739. The maximum atomic E-state index is 10.8. The molecule has 2 bridgehead atoms. The Morgan fingerprint density at radius 2 is 1.95 bits per heavy atom. The first-order valence-electron chi connectivity index (χ1n) is 7.43. The first-order chi connectivity index (χ1) is 9.10. The normalized spacial score (nSPS) is 30.6. The van der Waals surface area contributed by atoms with Crippen LogP contribution in [0, 0.1) is 31.6 Å². The molecule has 3 rings (SSSR count). The van der Waals surface area contributed by atoms with Gasteiger partial charge in [-0.05, 0) is 79.7 Å². The number of aliphatic hydroxyl groups is 1. The molecule has 2 fully saturated rings. The lowest BCUT2D eigenvalue weighted by Crippen LogP contribution is -2.20. The molecular weight excluding hydrogens is 236 g/mol. The average Bonchev–Trinajstić information content (AvgIpc) is 3.02. The largest absolute Gasteiger partial charge is 0.496 e. The van der Waals surface area contributed by atoms with E-state index in [1.807, 2.05) is 0 Å². The number of methoxy groups -OCH3 is 1. The smallest absolute Gasteiger partial charge is 0.122 e. The zero-order valence-corrected chi connectivity index (χ0v) is 12.1. The summed E-state index contributed by atoms with van der Waals surface area (Å²) in [7, 11) is 1.70. The van der Waals surface area contributed by atoms with Gasteiger partial charge in [0.05, 0.1) is 13.2 Å². The Bertz CT molecular complexity index is 480. The number of ether oxygens (including phenoxy) is 1. The van der Waals surface area contributed by atoms with E-state index in [2.05, 4.69) is 26.0 Å². The second kappa shape index (κ2) is 4.82. The summed E-state index contributed by atoms with van der Waals surface area (Å²) in [4.78, 5) is 0. The van der Waals surface area contributed by atoms with Crippen molar-refractivity contribution in [2.45, 2.75) is 45.6 Å². The molecule has 0 radical (unpaired) electrons. The lowest BCUT2D eigenvalue weighted by atomic mass is 9.81. The van der Waals surface area contributed by atoms with E-state index < -0.39 is 0 Å². The molecule has 2 heteroatoms. The fraction of sp³-hybridized carbons (Fsp3) is 0.647. The summed E-state index contributed by atoms with van der Waals surface area (Å²) in [6.07, 6.45) is 4.97. The van der Waals surface area contributed by atoms with Crippen molar-refractivity contribution in [2.24, 2.45) is 17.8 Å². The number of hydrogen-bond acceptors (Lipinski definition) is 2. The third kappa shape index (κ3) is 2.16. The van der Waals surface area contributed by atoms with Crippen molar-refractivity contribution in [3.63, 3.8) is 0 Å². The van der Waals surface area contributed by atoms with Gasteiger partial charge in [-0.1, -0.05) is 6.42 Å². The lowest BCUT2D eigenvalue weighted by Gasteiger charge is -2.28. The number of hydrogen-bond donors (Lipinski definition) is 1. The molecule has 1 aromatic carbocycles. The number of aliphatic hydroxyl groups excluding tert-OH is 1. The highest BCUT2D eigenvalue weighted by molar-refractivity contribution is 5.42. The molecular formula is C17H24O2. The fourth-order valence-corrected chi connectivity index (χ4v) is 4.26. The molecule has 19 heavy (non-hydrogen) atoms. The van der Waals surface area contributed by atoms with E-state index in [1.54, 1.807) is 7.11 Å². The third-order valence-electron chi connectivity index (χ3n) is 5.30. The van der Waals surface area contributed by atoms with Crippen LogP contribution in [0.3, 0.4) is 0 Å². The van der Waals surface area contributed by atoms with Gasteiger partial charge in [0.1, 0.15) is 5.75 Å². The van der Waals surface area contributed by atoms with Crippen LogP contribution in [0.2, 0.25) is 0 Å². The van der Waals surface area contributed by atoms with Gasteiger partial charge in [0, 0.05) is 0 Å². The minimum Gasteiger partial charge on any atom is -0.496 e. The van der Waals surface area contributed by atoms with Crippen LogP contribution >= 0.6 is 0 Å². The second-order valence-corrected chi connectivity index (χ2v) is 6.46. The zero-order chi connectivity index (χ0) is 13.6. The van der Waals surface area contributed by atoms with Crippen LogP contribution in [0.4, 0.5) is 0 Å². The molecule has 4 atom stereocenters. The van der Waals surface area contributed by atoms with Gasteiger partial charge in [-0.3, -0.25) is 0 Å². The van der Waals surface area contributed by atoms with Crippen LogP contribution in [0.25, 0.3) is 0 Å². The molecule has 2 aliphatic rings. The van der Waals surface area contributed by atoms with Crippen LogP contribution in [0.5, 0.6) is 5.75 Å². The molecule has 0 heterocycles. The van der Waals surface area contributed by atoms with Gasteiger partial charge < -0.3 is 9.84 Å². The summed E-state index contributed by atoms with van der Waals surface area (Å²) in [5.74, 6) is 3.03. The highest BCUT2D eigenvalue weighted by Gasteiger charge is 2.43. The van der Waals surface area contributed by atoms with Gasteiger partial charge in [0.15, 0.2) is 0 Å². The van der Waals surface area contributed by atoms with Crippen molar-refractivity contribution < 1.29 is 9.84 Å². The Kier molecular flexibility index (Phi) is 3.30. The monoisotopic (exact) mass is 260 g/mol. The summed E-state index contributed by atoms with van der Waals surface area (Å²) in [5.41, 5.74) is 3.37. The Labute approximate surface area is 115 Å².